The van der Waals surface area contributed by atoms with E-state index in [9.17, 15) is 0 Å². The second-order valence-corrected chi connectivity index (χ2v) is 5.91. The minimum absolute atomic E-state index is 0.286. The van der Waals surface area contributed by atoms with E-state index in [0.29, 0.717) is 5.92 Å². The summed E-state index contributed by atoms with van der Waals surface area (Å²) in [4.78, 5) is 4.61. The molecule has 0 saturated carbocycles. The summed E-state index contributed by atoms with van der Waals surface area (Å²) in [6.07, 6.45) is 3.54. The molecular weight excluding hydrogens is 238 g/mol. The van der Waals surface area contributed by atoms with E-state index in [1.807, 2.05) is 0 Å². The molecule has 0 spiro atoms. The van der Waals surface area contributed by atoms with Gasteiger partial charge >= 0.3 is 0 Å². The summed E-state index contributed by atoms with van der Waals surface area (Å²) in [6, 6.07) is 4.54. The van der Waals surface area contributed by atoms with Gasteiger partial charge in [-0.3, -0.25) is 0 Å². The minimum Gasteiger partial charge on any atom is -0.354 e. The summed E-state index contributed by atoms with van der Waals surface area (Å²) in [5, 5.41) is 8.84. The molecule has 2 saturated heterocycles. The smallest absolute Gasteiger partial charge is 0.151 e. The first-order valence-corrected chi connectivity index (χ1v) is 7.25. The van der Waals surface area contributed by atoms with E-state index < -0.39 is 0 Å². The normalized spacial score (nSPS) is 28.8. The second-order valence-electron chi connectivity index (χ2n) is 5.91. The topological polar surface area (TPSA) is 58.3 Å². The fraction of sp³-hybridized carbons (Fsp3) is 0.714. The number of likely N-dealkylation sites (tertiary alicyclic amines) is 1. The zero-order chi connectivity index (χ0) is 13.2. The highest BCUT2D eigenvalue weighted by Gasteiger charge is 2.23. The Kier molecular flexibility index (Phi) is 3.66. The first kappa shape index (κ1) is 12.8. The van der Waals surface area contributed by atoms with Gasteiger partial charge in [-0.25, -0.2) is 0 Å². The molecule has 0 aliphatic carbocycles. The summed E-state index contributed by atoms with van der Waals surface area (Å²) < 4.78 is 0. The highest BCUT2D eigenvalue weighted by Crippen LogP contribution is 2.25. The number of anilines is 1. The van der Waals surface area contributed by atoms with Crippen molar-refractivity contribution in [3.05, 3.63) is 17.8 Å². The predicted octanol–water partition coefficient (Wildman–Crippen LogP) is 0.823. The van der Waals surface area contributed by atoms with E-state index in [0.717, 1.165) is 37.6 Å². The van der Waals surface area contributed by atoms with Gasteiger partial charge in [0, 0.05) is 31.6 Å². The predicted molar refractivity (Wildman–Crippen MR) is 76.3 cm³/mol. The number of rotatable bonds is 2. The second kappa shape index (κ2) is 5.43. The Balaban J connectivity index is 1.68. The zero-order valence-electron chi connectivity index (χ0n) is 11.6. The van der Waals surface area contributed by atoms with Gasteiger partial charge in [0.2, 0.25) is 0 Å². The van der Waals surface area contributed by atoms with Crippen LogP contribution in [0.1, 0.15) is 30.9 Å². The third-order valence-corrected chi connectivity index (χ3v) is 4.26. The van der Waals surface area contributed by atoms with Crippen LogP contribution in [-0.2, 0) is 0 Å². The molecule has 2 N–H and O–H groups in total. The van der Waals surface area contributed by atoms with Gasteiger partial charge in [0.1, 0.15) is 0 Å². The molecule has 2 unspecified atom stereocenters. The van der Waals surface area contributed by atoms with Crippen LogP contribution >= 0.6 is 0 Å². The van der Waals surface area contributed by atoms with Gasteiger partial charge in [0.15, 0.2) is 5.82 Å². The van der Waals surface area contributed by atoms with Crippen LogP contribution < -0.4 is 10.6 Å². The average molecular weight is 261 g/mol. The lowest BCUT2D eigenvalue weighted by Crippen LogP contribution is -2.31. The van der Waals surface area contributed by atoms with Gasteiger partial charge in [-0.05, 0) is 45.0 Å². The fourth-order valence-corrected chi connectivity index (χ4v) is 3.13. The van der Waals surface area contributed by atoms with Crippen LogP contribution in [0.2, 0.25) is 0 Å². The highest BCUT2D eigenvalue weighted by molar-refractivity contribution is 5.39. The number of nitrogens with two attached hydrogens (primary N) is 1. The van der Waals surface area contributed by atoms with Gasteiger partial charge in [-0.2, -0.15) is 5.10 Å². The van der Waals surface area contributed by atoms with E-state index in [2.05, 4.69) is 39.2 Å². The number of nitrogens with zero attached hydrogens (tertiary/aromatic N) is 4. The molecule has 104 valence electrons. The van der Waals surface area contributed by atoms with Crippen molar-refractivity contribution in [2.24, 2.45) is 5.73 Å². The maximum atomic E-state index is 5.93. The van der Waals surface area contributed by atoms with E-state index in [1.165, 1.54) is 19.4 Å². The third-order valence-electron chi connectivity index (χ3n) is 4.26. The molecule has 5 nitrogen and oxygen atoms in total. The lowest BCUT2D eigenvalue weighted by Gasteiger charge is -2.29. The summed E-state index contributed by atoms with van der Waals surface area (Å²) >= 11 is 0. The minimum atomic E-state index is 0.286. The van der Waals surface area contributed by atoms with Crippen LogP contribution in [0.15, 0.2) is 12.1 Å². The highest BCUT2D eigenvalue weighted by atomic mass is 15.3. The molecule has 0 amide bonds. The first-order valence-electron chi connectivity index (χ1n) is 7.25. The molecule has 0 aromatic carbocycles. The molecule has 2 aliphatic heterocycles. The molecule has 3 heterocycles. The van der Waals surface area contributed by atoms with E-state index >= 15 is 0 Å². The molecule has 1 aromatic heterocycles. The lowest BCUT2D eigenvalue weighted by molar-refractivity contribution is 0.248. The van der Waals surface area contributed by atoms with Gasteiger partial charge in [-0.1, -0.05) is 0 Å². The van der Waals surface area contributed by atoms with Crippen molar-refractivity contribution in [2.75, 3.05) is 38.1 Å². The maximum Gasteiger partial charge on any atom is 0.151 e. The van der Waals surface area contributed by atoms with E-state index in [1.54, 1.807) is 0 Å². The van der Waals surface area contributed by atoms with Gasteiger partial charge < -0.3 is 15.5 Å². The van der Waals surface area contributed by atoms with Crippen LogP contribution in [0.3, 0.4) is 0 Å². The number of hydrogen-bond acceptors (Lipinski definition) is 5. The Bertz CT molecular complexity index is 418. The third kappa shape index (κ3) is 2.87. The lowest BCUT2D eigenvalue weighted by atomic mass is 9.95. The molecule has 2 atom stereocenters. The molecule has 0 bridgehead atoms. The van der Waals surface area contributed by atoms with Crippen molar-refractivity contribution in [3.8, 4) is 0 Å². The quantitative estimate of drug-likeness (QED) is 0.854. The van der Waals surface area contributed by atoms with Crippen LogP contribution in [0.5, 0.6) is 0 Å². The molecule has 2 aliphatic rings. The van der Waals surface area contributed by atoms with Crippen LogP contribution in [0, 0.1) is 0 Å². The fourth-order valence-electron chi connectivity index (χ4n) is 3.13. The van der Waals surface area contributed by atoms with Crippen molar-refractivity contribution >= 4 is 5.82 Å². The Morgan fingerprint density at radius 1 is 1.16 bits per heavy atom. The van der Waals surface area contributed by atoms with Crippen LogP contribution in [-0.4, -0.2) is 54.4 Å². The molecule has 0 radical (unpaired) electrons. The summed E-state index contributed by atoms with van der Waals surface area (Å²) in [5.41, 5.74) is 7.07. The van der Waals surface area contributed by atoms with Gasteiger partial charge in [-0.15, -0.1) is 5.10 Å². The van der Waals surface area contributed by atoms with Gasteiger partial charge in [0.25, 0.3) is 0 Å². The maximum absolute atomic E-state index is 5.93. The Labute approximate surface area is 114 Å². The molecule has 19 heavy (non-hydrogen) atoms. The van der Waals surface area contributed by atoms with Crippen molar-refractivity contribution in [3.63, 3.8) is 0 Å². The molecule has 1 aromatic rings. The monoisotopic (exact) mass is 261 g/mol. The number of hydrogen-bond donors (Lipinski definition) is 1. The van der Waals surface area contributed by atoms with Crippen LogP contribution in [0.25, 0.3) is 0 Å². The number of piperidine rings is 1. The van der Waals surface area contributed by atoms with Crippen molar-refractivity contribution < 1.29 is 0 Å². The van der Waals surface area contributed by atoms with Crippen molar-refractivity contribution in [1.82, 2.24) is 15.1 Å². The number of likely N-dealkylation sites (N-methyl/N-ethyl adjacent to an activating group) is 1. The molecule has 5 heteroatoms. The Morgan fingerprint density at radius 3 is 2.68 bits per heavy atom. The molecule has 3 rings (SSSR count). The average Bonchev–Trinajstić information content (AvgIpc) is 2.86. The van der Waals surface area contributed by atoms with E-state index in [4.69, 9.17) is 5.73 Å². The Hall–Kier alpha value is -1.20. The summed E-state index contributed by atoms with van der Waals surface area (Å²) in [6.45, 7) is 4.21. The molecule has 2 fully saturated rings. The standard InChI is InChI=1S/C14H23N5/c1-18-7-2-3-11(9-18)13-4-5-14(17-16-13)19-8-6-12(15)10-19/h4-5,11-12H,2-3,6-10,15H2,1H3. The largest absolute Gasteiger partial charge is 0.354 e. The summed E-state index contributed by atoms with van der Waals surface area (Å²) in [5.74, 6) is 1.52. The van der Waals surface area contributed by atoms with Crippen molar-refractivity contribution in [2.45, 2.75) is 31.2 Å². The van der Waals surface area contributed by atoms with E-state index in [-0.39, 0.29) is 6.04 Å². The summed E-state index contributed by atoms with van der Waals surface area (Å²) in [7, 11) is 2.18. The number of aromatic nitrogens is 2. The van der Waals surface area contributed by atoms with Crippen LogP contribution in [0.4, 0.5) is 5.82 Å². The Morgan fingerprint density at radius 2 is 2.05 bits per heavy atom. The van der Waals surface area contributed by atoms with Gasteiger partial charge in [0.05, 0.1) is 5.69 Å². The molecular formula is C14H23N5. The SMILES string of the molecule is CN1CCCC(c2ccc(N3CCC(N)C3)nn2)C1. The first-order chi connectivity index (χ1) is 9.22. The van der Waals surface area contributed by atoms with Crippen molar-refractivity contribution in [1.29, 1.82) is 0 Å². The zero-order valence-corrected chi connectivity index (χ0v) is 11.6.